The Morgan fingerprint density at radius 2 is 2.00 bits per heavy atom. The summed E-state index contributed by atoms with van der Waals surface area (Å²) in [4.78, 5) is 0. The fourth-order valence-corrected chi connectivity index (χ4v) is 2.28. The number of rotatable bonds is 0. The molecule has 74 valence electrons. The molecule has 0 spiro atoms. The van der Waals surface area contributed by atoms with Crippen molar-refractivity contribution in [2.45, 2.75) is 44.4 Å². The number of hydrogen-bond acceptors (Lipinski definition) is 3. The van der Waals surface area contributed by atoms with Gasteiger partial charge in [-0.3, -0.25) is 0 Å². The molecule has 1 heterocycles. The minimum absolute atomic E-state index is 0.139. The highest BCUT2D eigenvalue weighted by Crippen LogP contribution is 2.44. The monoisotopic (exact) mass is 248 g/mol. The molecule has 0 amide bonds. The Balaban J connectivity index is 2.29. The van der Waals surface area contributed by atoms with Gasteiger partial charge in [0.05, 0.1) is 0 Å². The van der Waals surface area contributed by atoms with Crippen molar-refractivity contribution in [3.63, 3.8) is 0 Å². The molecule has 0 radical (unpaired) electrons. The SMILES string of the molecule is CC1(C)O[C@H]2C=C(Br)[C@@](C)(O)[C@H]2O1. The van der Waals surface area contributed by atoms with Gasteiger partial charge in [-0.1, -0.05) is 15.9 Å². The summed E-state index contributed by atoms with van der Waals surface area (Å²) in [7, 11) is 0. The van der Waals surface area contributed by atoms with E-state index in [1.165, 1.54) is 0 Å². The molecule has 0 unspecified atom stereocenters. The number of aliphatic hydroxyl groups is 1. The molecule has 0 aromatic rings. The van der Waals surface area contributed by atoms with E-state index in [-0.39, 0.29) is 12.2 Å². The molecule has 3 nitrogen and oxygen atoms in total. The first kappa shape index (κ1) is 9.65. The van der Waals surface area contributed by atoms with E-state index >= 15 is 0 Å². The van der Waals surface area contributed by atoms with Crippen molar-refractivity contribution in [2.75, 3.05) is 0 Å². The quantitative estimate of drug-likeness (QED) is 0.707. The van der Waals surface area contributed by atoms with E-state index in [4.69, 9.17) is 9.47 Å². The van der Waals surface area contributed by atoms with Crippen molar-refractivity contribution in [3.8, 4) is 0 Å². The third-order valence-electron chi connectivity index (χ3n) is 2.48. The maximum absolute atomic E-state index is 10.0. The third-order valence-corrected chi connectivity index (χ3v) is 3.54. The lowest BCUT2D eigenvalue weighted by Gasteiger charge is -2.26. The van der Waals surface area contributed by atoms with E-state index in [1.807, 2.05) is 19.9 Å². The van der Waals surface area contributed by atoms with Crippen molar-refractivity contribution in [3.05, 3.63) is 10.6 Å². The van der Waals surface area contributed by atoms with Crippen LogP contribution in [0.5, 0.6) is 0 Å². The topological polar surface area (TPSA) is 38.7 Å². The van der Waals surface area contributed by atoms with Gasteiger partial charge in [-0.25, -0.2) is 0 Å². The number of halogens is 1. The maximum Gasteiger partial charge on any atom is 0.164 e. The summed E-state index contributed by atoms with van der Waals surface area (Å²) in [5, 5.41) is 10.0. The lowest BCUT2D eigenvalue weighted by atomic mass is 10.0. The molecule has 13 heavy (non-hydrogen) atoms. The Bertz CT molecular complexity index is 270. The zero-order valence-corrected chi connectivity index (χ0v) is 9.46. The second kappa shape index (κ2) is 2.57. The molecule has 1 saturated heterocycles. The minimum atomic E-state index is -0.960. The van der Waals surface area contributed by atoms with Gasteiger partial charge in [0.1, 0.15) is 17.8 Å². The van der Waals surface area contributed by atoms with Crippen molar-refractivity contribution in [1.29, 1.82) is 0 Å². The van der Waals surface area contributed by atoms with Gasteiger partial charge in [-0.05, 0) is 26.8 Å². The highest BCUT2D eigenvalue weighted by atomic mass is 79.9. The smallest absolute Gasteiger partial charge is 0.164 e. The van der Waals surface area contributed by atoms with Gasteiger partial charge in [-0.15, -0.1) is 0 Å². The molecule has 0 bridgehead atoms. The van der Waals surface area contributed by atoms with Crippen LogP contribution >= 0.6 is 15.9 Å². The summed E-state index contributed by atoms with van der Waals surface area (Å²) in [6, 6.07) is 0. The van der Waals surface area contributed by atoms with Crippen molar-refractivity contribution < 1.29 is 14.6 Å². The van der Waals surface area contributed by atoms with Gasteiger partial charge in [0.2, 0.25) is 0 Å². The normalized spacial score (nSPS) is 47.6. The van der Waals surface area contributed by atoms with Crippen LogP contribution in [-0.2, 0) is 9.47 Å². The van der Waals surface area contributed by atoms with Crippen LogP contribution in [0.15, 0.2) is 10.6 Å². The Labute approximate surface area is 85.8 Å². The van der Waals surface area contributed by atoms with Crippen LogP contribution < -0.4 is 0 Å². The van der Waals surface area contributed by atoms with E-state index in [0.717, 1.165) is 4.48 Å². The Kier molecular flexibility index (Phi) is 1.90. The summed E-state index contributed by atoms with van der Waals surface area (Å²) >= 11 is 3.30. The van der Waals surface area contributed by atoms with Gasteiger partial charge in [-0.2, -0.15) is 0 Å². The first-order chi connectivity index (χ1) is 5.83. The lowest BCUT2D eigenvalue weighted by Crippen LogP contribution is -2.40. The van der Waals surface area contributed by atoms with Gasteiger partial charge in [0, 0.05) is 4.48 Å². The third kappa shape index (κ3) is 1.36. The summed E-state index contributed by atoms with van der Waals surface area (Å²) in [6.07, 6.45) is 1.43. The molecular weight excluding hydrogens is 236 g/mol. The zero-order chi connectivity index (χ0) is 9.85. The van der Waals surface area contributed by atoms with Gasteiger partial charge < -0.3 is 14.6 Å². The fourth-order valence-electron chi connectivity index (χ4n) is 1.79. The molecule has 1 fully saturated rings. The van der Waals surface area contributed by atoms with Gasteiger partial charge in [0.25, 0.3) is 0 Å². The largest absolute Gasteiger partial charge is 0.382 e. The van der Waals surface area contributed by atoms with Gasteiger partial charge >= 0.3 is 0 Å². The molecular formula is C9H13BrO3. The maximum atomic E-state index is 10.0. The lowest BCUT2D eigenvalue weighted by molar-refractivity contribution is -0.162. The summed E-state index contributed by atoms with van der Waals surface area (Å²) in [6.45, 7) is 5.43. The van der Waals surface area contributed by atoms with E-state index < -0.39 is 11.4 Å². The molecule has 1 aliphatic carbocycles. The molecule has 1 N–H and O–H groups in total. The highest BCUT2D eigenvalue weighted by Gasteiger charge is 2.54. The van der Waals surface area contributed by atoms with Gasteiger partial charge in [0.15, 0.2) is 5.79 Å². The second-order valence-electron chi connectivity index (χ2n) is 4.18. The minimum Gasteiger partial charge on any atom is -0.382 e. The van der Waals surface area contributed by atoms with Crippen LogP contribution in [0.1, 0.15) is 20.8 Å². The zero-order valence-electron chi connectivity index (χ0n) is 7.87. The number of hydrogen-bond donors (Lipinski definition) is 1. The first-order valence-corrected chi connectivity index (χ1v) is 5.08. The van der Waals surface area contributed by atoms with Crippen molar-refractivity contribution in [2.24, 2.45) is 0 Å². The predicted octanol–water partition coefficient (Wildman–Crippen LogP) is 1.55. The Morgan fingerprint density at radius 1 is 1.38 bits per heavy atom. The molecule has 0 aromatic heterocycles. The highest BCUT2D eigenvalue weighted by molar-refractivity contribution is 9.11. The summed E-state index contributed by atoms with van der Waals surface area (Å²) in [5.41, 5.74) is -0.960. The standard InChI is InChI=1S/C9H13BrO3/c1-8(2)12-5-4-6(10)9(3,11)7(5)13-8/h4-5,7,11H,1-3H3/t5-,7-,9+/m0/s1. The number of ether oxygens (including phenoxy) is 2. The molecule has 4 heteroatoms. The van der Waals surface area contributed by atoms with Crippen molar-refractivity contribution in [1.82, 2.24) is 0 Å². The number of fused-ring (bicyclic) bond motifs is 1. The Morgan fingerprint density at radius 3 is 2.54 bits per heavy atom. The van der Waals surface area contributed by atoms with E-state index in [2.05, 4.69) is 15.9 Å². The van der Waals surface area contributed by atoms with E-state index in [1.54, 1.807) is 6.92 Å². The van der Waals surface area contributed by atoms with Crippen LogP contribution in [0, 0.1) is 0 Å². The van der Waals surface area contributed by atoms with Crippen LogP contribution in [0.2, 0.25) is 0 Å². The molecule has 3 atom stereocenters. The van der Waals surface area contributed by atoms with Crippen LogP contribution in [0.4, 0.5) is 0 Å². The van der Waals surface area contributed by atoms with Crippen LogP contribution in [0.3, 0.4) is 0 Å². The Hall–Kier alpha value is 0.1000. The fraction of sp³-hybridized carbons (Fsp3) is 0.778. The summed E-state index contributed by atoms with van der Waals surface area (Å²) < 4.78 is 11.9. The molecule has 1 aliphatic heterocycles. The van der Waals surface area contributed by atoms with E-state index in [0.29, 0.717) is 0 Å². The predicted molar refractivity (Wildman–Crippen MR) is 51.5 cm³/mol. The van der Waals surface area contributed by atoms with Crippen molar-refractivity contribution >= 4 is 15.9 Å². The summed E-state index contributed by atoms with van der Waals surface area (Å²) in [5.74, 6) is -0.594. The van der Waals surface area contributed by atoms with Crippen LogP contribution in [-0.4, -0.2) is 28.7 Å². The average Bonchev–Trinajstić information content (AvgIpc) is 2.33. The molecule has 2 aliphatic rings. The van der Waals surface area contributed by atoms with Crippen LogP contribution in [0.25, 0.3) is 0 Å². The molecule has 0 aromatic carbocycles. The molecule has 2 rings (SSSR count). The van der Waals surface area contributed by atoms with E-state index in [9.17, 15) is 5.11 Å². The molecule has 0 saturated carbocycles. The second-order valence-corrected chi connectivity index (χ2v) is 5.04. The first-order valence-electron chi connectivity index (χ1n) is 4.29. The average molecular weight is 249 g/mol.